The molecule has 2 aromatic carbocycles. The number of hydrogen-bond donors (Lipinski definition) is 2. The molecule has 0 spiro atoms. The van der Waals surface area contributed by atoms with E-state index >= 15 is 0 Å². The predicted molar refractivity (Wildman–Crippen MR) is 109 cm³/mol. The van der Waals surface area contributed by atoms with E-state index in [-0.39, 0.29) is 0 Å². The third-order valence-electron chi connectivity index (χ3n) is 3.59. The highest BCUT2D eigenvalue weighted by Crippen LogP contribution is 2.21. The van der Waals surface area contributed by atoms with Crippen LogP contribution in [0.3, 0.4) is 0 Å². The molecule has 0 bridgehead atoms. The minimum Gasteiger partial charge on any atom is -0.493 e. The first-order valence-corrected chi connectivity index (χ1v) is 8.91. The zero-order chi connectivity index (χ0) is 20.8. The van der Waals surface area contributed by atoms with Crippen molar-refractivity contribution < 1.29 is 24.5 Å². The molecule has 0 fully saturated rings. The summed E-state index contributed by atoms with van der Waals surface area (Å²) in [5.41, 5.74) is 2.57. The lowest BCUT2D eigenvalue weighted by Gasteiger charge is -2.13. The highest BCUT2D eigenvalue weighted by molar-refractivity contribution is 5.89. The van der Waals surface area contributed by atoms with Gasteiger partial charge in [0.15, 0.2) is 0 Å². The third kappa shape index (κ3) is 10.8. The Morgan fingerprint density at radius 3 is 2.07 bits per heavy atom. The Morgan fingerprint density at radius 1 is 0.929 bits per heavy atom. The van der Waals surface area contributed by atoms with E-state index in [4.69, 9.17) is 14.9 Å². The molecule has 0 saturated carbocycles. The first kappa shape index (κ1) is 22.9. The summed E-state index contributed by atoms with van der Waals surface area (Å²) in [5, 5.41) is 15.6. The predicted octanol–water partition coefficient (Wildman–Crippen LogP) is 3.32. The van der Waals surface area contributed by atoms with Crippen molar-refractivity contribution in [2.75, 3.05) is 27.2 Å². The fraction of sp³-hybridized carbons (Fsp3) is 0.273. The van der Waals surface area contributed by atoms with Crippen LogP contribution in [-0.2, 0) is 16.0 Å². The van der Waals surface area contributed by atoms with Gasteiger partial charge in [-0.25, -0.2) is 9.59 Å². The van der Waals surface area contributed by atoms with Crippen LogP contribution in [0.1, 0.15) is 17.5 Å². The molecule has 2 N–H and O–H groups in total. The van der Waals surface area contributed by atoms with E-state index in [1.54, 1.807) is 0 Å². The Hall–Kier alpha value is -3.12. The first-order chi connectivity index (χ1) is 13.4. The summed E-state index contributed by atoms with van der Waals surface area (Å²) < 4.78 is 5.93. The number of carbonyl (C=O) groups is 2. The van der Waals surface area contributed by atoms with Crippen LogP contribution in [-0.4, -0.2) is 54.3 Å². The highest BCUT2D eigenvalue weighted by atomic mass is 16.5. The molecule has 0 saturated heterocycles. The van der Waals surface area contributed by atoms with E-state index in [2.05, 4.69) is 61.5 Å². The van der Waals surface area contributed by atoms with Crippen molar-refractivity contribution in [1.29, 1.82) is 0 Å². The number of rotatable bonds is 9. The molecule has 0 aliphatic heterocycles. The lowest BCUT2D eigenvalue weighted by Crippen LogP contribution is -2.15. The summed E-state index contributed by atoms with van der Waals surface area (Å²) >= 11 is 0. The van der Waals surface area contributed by atoms with Gasteiger partial charge >= 0.3 is 11.9 Å². The van der Waals surface area contributed by atoms with Gasteiger partial charge in [-0.1, -0.05) is 48.5 Å². The molecule has 0 unspecified atom stereocenters. The van der Waals surface area contributed by atoms with Crippen LogP contribution >= 0.6 is 0 Å². The lowest BCUT2D eigenvalue weighted by atomic mass is 10.0. The van der Waals surface area contributed by atoms with Crippen LogP contribution < -0.4 is 4.74 Å². The zero-order valence-electron chi connectivity index (χ0n) is 16.2. The molecular formula is C22H27NO5. The van der Waals surface area contributed by atoms with E-state index in [0.29, 0.717) is 12.2 Å². The standard InChI is InChI=1S/C18H23NO.C4H4O4/c1-19(2)13-8-14-20-18-12-7-6-11-17(18)15-16-9-4-3-5-10-16;5-3(6)1-2-4(7)8/h3-7,9-12H,8,13-15H2,1-2H3;1-2H,(H,5,6)(H,7,8)/b;2-1+. The normalized spacial score (nSPS) is 10.4. The van der Waals surface area contributed by atoms with Crippen LogP contribution in [0.2, 0.25) is 0 Å². The molecule has 0 heterocycles. The zero-order valence-corrected chi connectivity index (χ0v) is 16.2. The summed E-state index contributed by atoms with van der Waals surface area (Å²) in [6.45, 7) is 1.82. The molecule has 2 aromatic rings. The van der Waals surface area contributed by atoms with Crippen molar-refractivity contribution in [1.82, 2.24) is 4.90 Å². The van der Waals surface area contributed by atoms with Crippen molar-refractivity contribution in [2.45, 2.75) is 12.8 Å². The quantitative estimate of drug-likeness (QED) is 0.509. The summed E-state index contributed by atoms with van der Waals surface area (Å²) in [4.78, 5) is 21.3. The monoisotopic (exact) mass is 385 g/mol. The number of carboxylic acids is 2. The molecule has 150 valence electrons. The molecule has 6 heteroatoms. The van der Waals surface area contributed by atoms with E-state index in [0.717, 1.165) is 31.7 Å². The maximum Gasteiger partial charge on any atom is 0.328 e. The fourth-order valence-corrected chi connectivity index (χ4v) is 2.31. The van der Waals surface area contributed by atoms with Crippen molar-refractivity contribution >= 4 is 11.9 Å². The number of nitrogens with zero attached hydrogens (tertiary/aromatic N) is 1. The van der Waals surface area contributed by atoms with Crippen molar-refractivity contribution in [3.8, 4) is 5.75 Å². The second kappa shape index (κ2) is 13.1. The van der Waals surface area contributed by atoms with Gasteiger partial charge in [0, 0.05) is 25.1 Å². The van der Waals surface area contributed by atoms with Gasteiger partial charge in [-0.3, -0.25) is 0 Å². The molecule has 6 nitrogen and oxygen atoms in total. The topological polar surface area (TPSA) is 87.1 Å². The van der Waals surface area contributed by atoms with Gasteiger partial charge in [0.1, 0.15) is 5.75 Å². The van der Waals surface area contributed by atoms with Gasteiger partial charge in [-0.2, -0.15) is 0 Å². The van der Waals surface area contributed by atoms with E-state index in [1.165, 1.54) is 11.1 Å². The van der Waals surface area contributed by atoms with Crippen molar-refractivity contribution in [2.24, 2.45) is 0 Å². The van der Waals surface area contributed by atoms with Gasteiger partial charge in [0.05, 0.1) is 6.61 Å². The van der Waals surface area contributed by atoms with Gasteiger partial charge < -0.3 is 19.8 Å². The number of ether oxygens (including phenoxy) is 1. The van der Waals surface area contributed by atoms with Crippen molar-refractivity contribution in [3.63, 3.8) is 0 Å². The summed E-state index contributed by atoms with van der Waals surface area (Å²) in [7, 11) is 4.17. The molecule has 0 aliphatic rings. The maximum absolute atomic E-state index is 9.55. The summed E-state index contributed by atoms with van der Waals surface area (Å²) in [5.74, 6) is -1.50. The molecule has 28 heavy (non-hydrogen) atoms. The molecule has 2 rings (SSSR count). The number of aliphatic carboxylic acids is 2. The van der Waals surface area contributed by atoms with Crippen molar-refractivity contribution in [3.05, 3.63) is 77.9 Å². The fourth-order valence-electron chi connectivity index (χ4n) is 2.31. The largest absolute Gasteiger partial charge is 0.493 e. The first-order valence-electron chi connectivity index (χ1n) is 8.91. The Bertz CT molecular complexity index is 741. The van der Waals surface area contributed by atoms with Crippen LogP contribution in [0.15, 0.2) is 66.7 Å². The maximum atomic E-state index is 9.55. The average molecular weight is 385 g/mol. The molecular weight excluding hydrogens is 358 g/mol. The lowest BCUT2D eigenvalue weighted by molar-refractivity contribution is -0.134. The Kier molecular flexibility index (Phi) is 10.7. The summed E-state index contributed by atoms with van der Waals surface area (Å²) in [6, 6.07) is 18.8. The Morgan fingerprint density at radius 2 is 1.50 bits per heavy atom. The van der Waals surface area contributed by atoms with E-state index in [9.17, 15) is 9.59 Å². The Balaban J connectivity index is 0.000000416. The highest BCUT2D eigenvalue weighted by Gasteiger charge is 2.04. The van der Waals surface area contributed by atoms with Gasteiger partial charge in [-0.15, -0.1) is 0 Å². The Labute approximate surface area is 165 Å². The second-order valence-corrected chi connectivity index (χ2v) is 6.29. The van der Waals surface area contributed by atoms with E-state index < -0.39 is 11.9 Å². The van der Waals surface area contributed by atoms with Crippen LogP contribution in [0.5, 0.6) is 5.75 Å². The number of carboxylic acid groups (broad SMARTS) is 2. The van der Waals surface area contributed by atoms with Gasteiger partial charge in [0.2, 0.25) is 0 Å². The van der Waals surface area contributed by atoms with Crippen LogP contribution in [0.25, 0.3) is 0 Å². The van der Waals surface area contributed by atoms with Crippen LogP contribution in [0, 0.1) is 0 Å². The molecule has 0 radical (unpaired) electrons. The molecule has 0 aromatic heterocycles. The molecule has 0 amide bonds. The minimum absolute atomic E-state index is 0.558. The smallest absolute Gasteiger partial charge is 0.328 e. The second-order valence-electron chi connectivity index (χ2n) is 6.29. The number of benzene rings is 2. The van der Waals surface area contributed by atoms with E-state index in [1.807, 2.05) is 12.1 Å². The molecule has 0 atom stereocenters. The van der Waals surface area contributed by atoms with Gasteiger partial charge in [-0.05, 0) is 37.7 Å². The van der Waals surface area contributed by atoms with Gasteiger partial charge in [0.25, 0.3) is 0 Å². The minimum atomic E-state index is -1.26. The molecule has 0 aliphatic carbocycles. The average Bonchev–Trinajstić information content (AvgIpc) is 2.66. The number of hydrogen-bond acceptors (Lipinski definition) is 4. The SMILES string of the molecule is CN(C)CCCOc1ccccc1Cc1ccccc1.O=C(O)/C=C/C(=O)O. The summed E-state index contributed by atoms with van der Waals surface area (Å²) in [6.07, 6.45) is 3.09. The van der Waals surface area contributed by atoms with Crippen LogP contribution in [0.4, 0.5) is 0 Å². The number of para-hydroxylation sites is 1. The third-order valence-corrected chi connectivity index (χ3v) is 3.59.